The Morgan fingerprint density at radius 1 is 1.29 bits per heavy atom. The van der Waals surface area contributed by atoms with E-state index in [1.165, 1.54) is 0 Å². The van der Waals surface area contributed by atoms with Gasteiger partial charge in [0, 0.05) is 29.9 Å². The van der Waals surface area contributed by atoms with Gasteiger partial charge in [0.15, 0.2) is 11.9 Å². The highest BCUT2D eigenvalue weighted by Gasteiger charge is 2.29. The van der Waals surface area contributed by atoms with Gasteiger partial charge in [0.05, 0.1) is 18.5 Å². The average molecular weight is 461 g/mol. The predicted octanol–water partition coefficient (Wildman–Crippen LogP) is 3.09. The Bertz CT molecular complexity index is 1250. The first-order valence-corrected chi connectivity index (χ1v) is 11.3. The third-order valence-corrected chi connectivity index (χ3v) is 5.92. The summed E-state index contributed by atoms with van der Waals surface area (Å²) in [5.41, 5.74) is 4.82. The average Bonchev–Trinajstić information content (AvgIpc) is 3.12. The highest BCUT2D eigenvalue weighted by molar-refractivity contribution is 6.16. The molecule has 0 saturated carbocycles. The molecule has 2 aliphatic rings. The van der Waals surface area contributed by atoms with E-state index in [0.717, 1.165) is 29.1 Å². The number of ether oxygens (including phenoxy) is 2. The van der Waals surface area contributed by atoms with Crippen LogP contribution in [-0.4, -0.2) is 47.1 Å². The van der Waals surface area contributed by atoms with Gasteiger partial charge in [-0.15, -0.1) is 0 Å². The molecule has 1 unspecified atom stereocenters. The number of amides is 2. The van der Waals surface area contributed by atoms with Crippen molar-refractivity contribution in [1.29, 1.82) is 0 Å². The van der Waals surface area contributed by atoms with Crippen LogP contribution in [0, 0.1) is 13.8 Å². The number of rotatable bonds is 7. The number of aryl methyl sites for hydroxylation is 2. The van der Waals surface area contributed by atoms with E-state index >= 15 is 0 Å². The van der Waals surface area contributed by atoms with Gasteiger partial charge in [-0.2, -0.15) is 5.10 Å². The molecule has 1 aliphatic carbocycles. The number of carbonyl (C=O) groups excluding carboxylic acids is 2. The van der Waals surface area contributed by atoms with Crippen molar-refractivity contribution in [3.63, 3.8) is 0 Å². The van der Waals surface area contributed by atoms with Crippen molar-refractivity contribution >= 4 is 23.6 Å². The van der Waals surface area contributed by atoms with Crippen molar-refractivity contribution in [2.75, 3.05) is 13.7 Å². The van der Waals surface area contributed by atoms with Crippen LogP contribution in [0.15, 0.2) is 58.8 Å². The molecule has 8 heteroatoms. The maximum Gasteiger partial charge on any atom is 0.312 e. The molecule has 1 N–H and O–H groups in total. The summed E-state index contributed by atoms with van der Waals surface area (Å²) in [6.07, 6.45) is 6.81. The number of nitrogens with one attached hydrogen (secondary N) is 1. The van der Waals surface area contributed by atoms with Crippen LogP contribution in [0.3, 0.4) is 0 Å². The largest absolute Gasteiger partial charge is 0.496 e. The molecule has 4 rings (SSSR count). The number of para-hydroxylation sites is 1. The van der Waals surface area contributed by atoms with Crippen molar-refractivity contribution in [2.24, 2.45) is 4.99 Å². The Morgan fingerprint density at radius 2 is 2.09 bits per heavy atom. The molecule has 34 heavy (non-hydrogen) atoms. The quantitative estimate of drug-likeness (QED) is 0.641. The minimum absolute atomic E-state index is 0.127. The number of benzene rings is 1. The number of methoxy groups -OCH3 is 1. The van der Waals surface area contributed by atoms with Gasteiger partial charge < -0.3 is 14.8 Å². The van der Waals surface area contributed by atoms with Crippen molar-refractivity contribution in [2.45, 2.75) is 39.8 Å². The maximum atomic E-state index is 12.7. The molecule has 1 aromatic heterocycles. The van der Waals surface area contributed by atoms with E-state index in [0.29, 0.717) is 30.0 Å². The smallest absolute Gasteiger partial charge is 0.312 e. The zero-order valence-electron chi connectivity index (χ0n) is 19.8. The van der Waals surface area contributed by atoms with Gasteiger partial charge in [0.25, 0.3) is 5.91 Å². The summed E-state index contributed by atoms with van der Waals surface area (Å²) in [5, 5.41) is 7.46. The van der Waals surface area contributed by atoms with E-state index in [9.17, 15) is 9.59 Å². The minimum Gasteiger partial charge on any atom is -0.496 e. The van der Waals surface area contributed by atoms with Gasteiger partial charge >= 0.3 is 5.91 Å². The molecule has 2 amide bonds. The molecule has 0 bridgehead atoms. The van der Waals surface area contributed by atoms with Crippen LogP contribution in [0.4, 0.5) is 0 Å². The first kappa shape index (κ1) is 23.2. The van der Waals surface area contributed by atoms with Crippen molar-refractivity contribution in [3.8, 4) is 5.75 Å². The summed E-state index contributed by atoms with van der Waals surface area (Å²) in [7, 11) is 1.57. The lowest BCUT2D eigenvalue weighted by molar-refractivity contribution is -0.119. The molecule has 2 aromatic rings. The maximum absolute atomic E-state index is 12.7. The first-order chi connectivity index (χ1) is 16.4. The van der Waals surface area contributed by atoms with E-state index in [1.807, 2.05) is 36.7 Å². The standard InChI is InChI=1S/C26H28N4O4/c1-5-30-17(3)20(16(2)29-30)12-13-27-25(31)19-10-11-23-21(14-19)28-26(32)24(34-23)15-18-8-6-7-9-22(18)33-4/h6-11,14-15,23H,5,12-13H2,1-4H3,(H,27,31)/b24-15-. The molecule has 8 nitrogen and oxygen atoms in total. The van der Waals surface area contributed by atoms with Crippen molar-refractivity contribution < 1.29 is 19.1 Å². The number of hydrogen-bond donors (Lipinski definition) is 1. The molecule has 0 fully saturated rings. The lowest BCUT2D eigenvalue weighted by atomic mass is 10.0. The number of aromatic nitrogens is 2. The van der Waals surface area contributed by atoms with Crippen LogP contribution in [0.2, 0.25) is 0 Å². The lowest BCUT2D eigenvalue weighted by Crippen LogP contribution is -2.33. The van der Waals surface area contributed by atoms with Crippen LogP contribution in [0.1, 0.15) is 29.4 Å². The molecule has 0 spiro atoms. The van der Waals surface area contributed by atoms with Gasteiger partial charge in [-0.3, -0.25) is 14.3 Å². The van der Waals surface area contributed by atoms with Crippen LogP contribution < -0.4 is 10.1 Å². The van der Waals surface area contributed by atoms with Crippen LogP contribution >= 0.6 is 0 Å². The predicted molar refractivity (Wildman–Crippen MR) is 130 cm³/mol. The molecular formula is C26H28N4O4. The van der Waals surface area contributed by atoms with Crippen molar-refractivity contribution in [1.82, 2.24) is 15.1 Å². The molecule has 1 aliphatic heterocycles. The first-order valence-electron chi connectivity index (χ1n) is 11.3. The van der Waals surface area contributed by atoms with Crippen molar-refractivity contribution in [3.05, 3.63) is 76.3 Å². The van der Waals surface area contributed by atoms with Gasteiger partial charge in [-0.05, 0) is 63.1 Å². The van der Waals surface area contributed by atoms with Crippen LogP contribution in [0.5, 0.6) is 5.75 Å². The Balaban J connectivity index is 1.43. The fraction of sp³-hybridized carbons (Fsp3) is 0.308. The summed E-state index contributed by atoms with van der Waals surface area (Å²) < 4.78 is 13.2. The molecule has 1 atom stereocenters. The molecule has 176 valence electrons. The van der Waals surface area contributed by atoms with E-state index in [1.54, 1.807) is 37.5 Å². The summed E-state index contributed by atoms with van der Waals surface area (Å²) in [6.45, 7) is 7.38. The fourth-order valence-corrected chi connectivity index (χ4v) is 4.11. The SMILES string of the molecule is CCn1nc(C)c(CCNC(=O)C2=CC3=NC(=O)/C(=C/c4ccccc4OC)OC3C=C2)c1C. The number of aliphatic imine (C=N–C) groups is 1. The third kappa shape index (κ3) is 4.71. The monoisotopic (exact) mass is 460 g/mol. The lowest BCUT2D eigenvalue weighted by Gasteiger charge is -2.24. The zero-order valence-corrected chi connectivity index (χ0v) is 19.8. The van der Waals surface area contributed by atoms with E-state index < -0.39 is 12.0 Å². The van der Waals surface area contributed by atoms with E-state index in [2.05, 4.69) is 22.3 Å². The zero-order chi connectivity index (χ0) is 24.2. The van der Waals surface area contributed by atoms with E-state index in [4.69, 9.17) is 9.47 Å². The second kappa shape index (κ2) is 9.91. The number of fused-ring (bicyclic) bond motifs is 1. The normalized spacial score (nSPS) is 18.2. The second-order valence-corrected chi connectivity index (χ2v) is 8.06. The highest BCUT2D eigenvalue weighted by Crippen LogP contribution is 2.26. The fourth-order valence-electron chi connectivity index (χ4n) is 4.11. The number of nitrogens with zero attached hydrogens (tertiary/aromatic N) is 3. The van der Waals surface area contributed by atoms with Crippen LogP contribution in [-0.2, 0) is 27.3 Å². The molecule has 2 heterocycles. The van der Waals surface area contributed by atoms with Crippen LogP contribution in [0.25, 0.3) is 6.08 Å². The second-order valence-electron chi connectivity index (χ2n) is 8.06. The molecular weight excluding hydrogens is 432 g/mol. The number of hydrogen-bond acceptors (Lipinski definition) is 5. The molecule has 0 saturated heterocycles. The van der Waals surface area contributed by atoms with Gasteiger partial charge in [-0.1, -0.05) is 18.2 Å². The summed E-state index contributed by atoms with van der Waals surface area (Å²) in [4.78, 5) is 29.4. The van der Waals surface area contributed by atoms with Gasteiger partial charge in [0.2, 0.25) is 0 Å². The Morgan fingerprint density at radius 3 is 2.82 bits per heavy atom. The topological polar surface area (TPSA) is 94.8 Å². The summed E-state index contributed by atoms with van der Waals surface area (Å²) in [6, 6.07) is 7.34. The Hall–Kier alpha value is -3.94. The van der Waals surface area contributed by atoms with E-state index in [-0.39, 0.29) is 11.7 Å². The van der Waals surface area contributed by atoms with Gasteiger partial charge in [0.1, 0.15) is 5.75 Å². The summed E-state index contributed by atoms with van der Waals surface area (Å²) in [5.74, 6) is 0.0370. The molecule has 1 aromatic carbocycles. The number of carbonyl (C=O) groups is 2. The Labute approximate surface area is 198 Å². The highest BCUT2D eigenvalue weighted by atomic mass is 16.5. The summed E-state index contributed by atoms with van der Waals surface area (Å²) >= 11 is 0. The van der Waals surface area contributed by atoms with Gasteiger partial charge in [-0.25, -0.2) is 4.99 Å². The Kier molecular flexibility index (Phi) is 6.77. The third-order valence-electron chi connectivity index (χ3n) is 5.92. The molecule has 0 radical (unpaired) electrons. The minimum atomic E-state index is -0.527.